The van der Waals surface area contributed by atoms with Gasteiger partial charge in [0, 0.05) is 37.7 Å². The molecule has 1 saturated heterocycles. The van der Waals surface area contributed by atoms with Crippen LogP contribution in [0.25, 0.3) is 0 Å². The second kappa shape index (κ2) is 11.0. The van der Waals surface area contributed by atoms with E-state index in [-0.39, 0.29) is 18.7 Å². The lowest BCUT2D eigenvalue weighted by Crippen LogP contribution is -2.55. The molecule has 0 aromatic rings. The molecule has 2 amide bonds. The molecule has 5 nitrogen and oxygen atoms in total. The number of aliphatic hydroxyl groups excluding tert-OH is 1. The summed E-state index contributed by atoms with van der Waals surface area (Å²) in [7, 11) is 0. The number of piperidine rings is 1. The van der Waals surface area contributed by atoms with Crippen molar-refractivity contribution >= 4 is 17.6 Å². The van der Waals surface area contributed by atoms with Gasteiger partial charge in [0.15, 0.2) is 0 Å². The van der Waals surface area contributed by atoms with E-state index in [1.165, 1.54) is 32.1 Å². The van der Waals surface area contributed by atoms with Crippen molar-refractivity contribution in [3.8, 4) is 0 Å². The lowest BCUT2D eigenvalue weighted by atomic mass is 9.64. The Balaban J connectivity index is 1.87. The summed E-state index contributed by atoms with van der Waals surface area (Å²) in [5, 5.41) is 15.2. The molecule has 0 bridgehead atoms. The fourth-order valence-electron chi connectivity index (χ4n) is 5.20. The van der Waals surface area contributed by atoms with E-state index >= 15 is 0 Å². The molecule has 164 valence electrons. The highest BCUT2D eigenvalue weighted by atomic mass is 35.5. The van der Waals surface area contributed by atoms with Gasteiger partial charge in [-0.2, -0.15) is 0 Å². The first-order valence-electron chi connectivity index (χ1n) is 11.2. The van der Waals surface area contributed by atoms with E-state index in [2.05, 4.69) is 43.2 Å². The van der Waals surface area contributed by atoms with Gasteiger partial charge in [0.05, 0.1) is 0 Å². The van der Waals surface area contributed by atoms with Crippen LogP contribution >= 0.6 is 11.6 Å². The number of likely N-dealkylation sites (tertiary alicyclic amines) is 1. The van der Waals surface area contributed by atoms with Gasteiger partial charge in [-0.3, -0.25) is 0 Å². The highest BCUT2D eigenvalue weighted by Crippen LogP contribution is 2.45. The SMILES string of the molecule is CC(C)[C@H](CN1CCC(C2CCC(Cl)CC2)C(C)(C)C1)NC(=O)NCCCO. The minimum Gasteiger partial charge on any atom is -0.396 e. The number of carbonyl (C=O) groups is 1. The summed E-state index contributed by atoms with van der Waals surface area (Å²) in [6, 6.07) is 0.00675. The third-order valence-electron chi connectivity index (χ3n) is 6.86. The van der Waals surface area contributed by atoms with E-state index in [9.17, 15) is 4.79 Å². The predicted molar refractivity (Wildman–Crippen MR) is 117 cm³/mol. The number of aliphatic hydroxyl groups is 1. The molecule has 6 heteroatoms. The molecule has 1 saturated carbocycles. The Morgan fingerprint density at radius 3 is 2.46 bits per heavy atom. The van der Waals surface area contributed by atoms with Crippen LogP contribution in [0.2, 0.25) is 0 Å². The molecule has 0 aromatic heterocycles. The number of nitrogens with one attached hydrogen (secondary N) is 2. The largest absolute Gasteiger partial charge is 0.396 e. The first kappa shape index (κ1) is 23.8. The number of halogens is 1. The van der Waals surface area contributed by atoms with Crippen LogP contribution in [0.1, 0.15) is 66.2 Å². The number of rotatable bonds is 8. The van der Waals surface area contributed by atoms with Crippen molar-refractivity contribution in [2.75, 3.05) is 32.8 Å². The van der Waals surface area contributed by atoms with Crippen LogP contribution in [-0.4, -0.2) is 60.2 Å². The van der Waals surface area contributed by atoms with E-state index in [0.29, 0.717) is 29.7 Å². The highest BCUT2D eigenvalue weighted by Gasteiger charge is 2.41. The Hall–Kier alpha value is -0.520. The fraction of sp³-hybridized carbons (Fsp3) is 0.955. The Labute approximate surface area is 177 Å². The smallest absolute Gasteiger partial charge is 0.315 e. The predicted octanol–water partition coefficient (Wildman–Crippen LogP) is 3.84. The highest BCUT2D eigenvalue weighted by molar-refractivity contribution is 6.20. The minimum atomic E-state index is -0.126. The summed E-state index contributed by atoms with van der Waals surface area (Å²) in [5.74, 6) is 1.98. The lowest BCUT2D eigenvalue weighted by molar-refractivity contribution is 0.00545. The topological polar surface area (TPSA) is 64.6 Å². The number of hydrogen-bond donors (Lipinski definition) is 3. The number of amides is 2. The maximum atomic E-state index is 12.2. The summed E-state index contributed by atoms with van der Waals surface area (Å²) in [6.07, 6.45) is 6.75. The molecule has 0 aromatic carbocycles. The first-order valence-corrected chi connectivity index (χ1v) is 11.7. The molecule has 1 aliphatic carbocycles. The fourth-order valence-corrected chi connectivity index (χ4v) is 5.45. The van der Waals surface area contributed by atoms with Gasteiger partial charge in [-0.05, 0) is 68.2 Å². The Bertz CT molecular complexity index is 478. The third kappa shape index (κ3) is 7.07. The zero-order valence-electron chi connectivity index (χ0n) is 18.3. The van der Waals surface area contributed by atoms with Crippen molar-refractivity contribution < 1.29 is 9.90 Å². The molecule has 2 fully saturated rings. The quantitative estimate of drug-likeness (QED) is 0.417. The van der Waals surface area contributed by atoms with E-state index in [1.807, 2.05) is 0 Å². The molecule has 28 heavy (non-hydrogen) atoms. The van der Waals surface area contributed by atoms with Gasteiger partial charge in [0.25, 0.3) is 0 Å². The average molecular weight is 416 g/mol. The first-order chi connectivity index (χ1) is 13.2. The molecule has 2 atom stereocenters. The van der Waals surface area contributed by atoms with Gasteiger partial charge in [-0.25, -0.2) is 4.79 Å². The van der Waals surface area contributed by atoms with Crippen LogP contribution in [0.5, 0.6) is 0 Å². The maximum absolute atomic E-state index is 12.2. The van der Waals surface area contributed by atoms with Gasteiger partial charge in [-0.1, -0.05) is 27.7 Å². The molecule has 1 aliphatic heterocycles. The van der Waals surface area contributed by atoms with E-state index in [4.69, 9.17) is 16.7 Å². The second-order valence-corrected chi connectivity index (χ2v) is 10.6. The van der Waals surface area contributed by atoms with Crippen molar-refractivity contribution in [1.82, 2.24) is 15.5 Å². The van der Waals surface area contributed by atoms with Gasteiger partial charge >= 0.3 is 6.03 Å². The molecule has 1 heterocycles. The third-order valence-corrected chi connectivity index (χ3v) is 7.29. The van der Waals surface area contributed by atoms with Crippen molar-refractivity contribution in [2.24, 2.45) is 23.2 Å². The van der Waals surface area contributed by atoms with E-state index in [0.717, 1.165) is 31.5 Å². The lowest BCUT2D eigenvalue weighted by Gasteiger charge is -2.49. The number of alkyl halides is 1. The van der Waals surface area contributed by atoms with E-state index in [1.54, 1.807) is 0 Å². The van der Waals surface area contributed by atoms with Gasteiger partial charge in [-0.15, -0.1) is 11.6 Å². The van der Waals surface area contributed by atoms with Crippen molar-refractivity contribution in [3.63, 3.8) is 0 Å². The van der Waals surface area contributed by atoms with Crippen LogP contribution < -0.4 is 10.6 Å². The summed E-state index contributed by atoms with van der Waals surface area (Å²) in [6.45, 7) is 12.9. The van der Waals surface area contributed by atoms with Crippen LogP contribution in [0.15, 0.2) is 0 Å². The van der Waals surface area contributed by atoms with Gasteiger partial charge in [0.2, 0.25) is 0 Å². The summed E-state index contributed by atoms with van der Waals surface area (Å²) in [5.41, 5.74) is 0.299. The van der Waals surface area contributed by atoms with Crippen molar-refractivity contribution in [1.29, 1.82) is 0 Å². The zero-order chi connectivity index (χ0) is 20.7. The standard InChI is InChI=1S/C22H42ClN3O2/c1-16(2)20(25-21(28)24-11-5-13-27)14-26-12-10-19(22(3,4)15-26)17-6-8-18(23)9-7-17/h16-20,27H,5-15H2,1-4H3,(H2,24,25,28)/t17?,18?,19?,20-/m0/s1. The Morgan fingerprint density at radius 1 is 1.21 bits per heavy atom. The van der Waals surface area contributed by atoms with Gasteiger partial charge < -0.3 is 20.6 Å². The van der Waals surface area contributed by atoms with E-state index < -0.39 is 0 Å². The normalized spacial score (nSPS) is 29.5. The minimum absolute atomic E-state index is 0.102. The monoisotopic (exact) mass is 415 g/mol. The summed E-state index contributed by atoms with van der Waals surface area (Å²) >= 11 is 6.32. The van der Waals surface area contributed by atoms with Crippen LogP contribution in [0.3, 0.4) is 0 Å². The molecule has 3 N–H and O–H groups in total. The molecular weight excluding hydrogens is 374 g/mol. The Morgan fingerprint density at radius 2 is 1.89 bits per heavy atom. The Kier molecular flexibility index (Phi) is 9.36. The average Bonchev–Trinajstić information content (AvgIpc) is 2.62. The molecule has 0 radical (unpaired) electrons. The summed E-state index contributed by atoms with van der Waals surface area (Å²) < 4.78 is 0. The number of urea groups is 1. The maximum Gasteiger partial charge on any atom is 0.315 e. The van der Waals surface area contributed by atoms with Crippen molar-refractivity contribution in [3.05, 3.63) is 0 Å². The molecule has 2 rings (SSSR count). The molecule has 2 aliphatic rings. The molecular formula is C22H42ClN3O2. The molecule has 1 unspecified atom stereocenters. The van der Waals surface area contributed by atoms with Crippen molar-refractivity contribution in [2.45, 2.75) is 77.6 Å². The summed E-state index contributed by atoms with van der Waals surface area (Å²) in [4.78, 5) is 14.7. The second-order valence-electron chi connectivity index (χ2n) is 9.96. The van der Waals surface area contributed by atoms with Gasteiger partial charge in [0.1, 0.15) is 0 Å². The molecule has 0 spiro atoms. The van der Waals surface area contributed by atoms with Crippen LogP contribution in [0, 0.1) is 23.2 Å². The van der Waals surface area contributed by atoms with Crippen LogP contribution in [0.4, 0.5) is 4.79 Å². The number of nitrogens with zero attached hydrogens (tertiary/aromatic N) is 1. The zero-order valence-corrected chi connectivity index (χ0v) is 19.1. The number of hydrogen-bond acceptors (Lipinski definition) is 3. The number of carbonyl (C=O) groups excluding carboxylic acids is 1. The van der Waals surface area contributed by atoms with Crippen LogP contribution in [-0.2, 0) is 0 Å².